The van der Waals surface area contributed by atoms with E-state index >= 15 is 0 Å². The molecule has 12 heteroatoms. The lowest BCUT2D eigenvalue weighted by atomic mass is 9.55. The number of oxime groups is 1. The van der Waals surface area contributed by atoms with Gasteiger partial charge in [-0.3, -0.25) is 4.90 Å². The first-order valence-corrected chi connectivity index (χ1v) is 19.2. The van der Waals surface area contributed by atoms with Crippen molar-refractivity contribution in [3.8, 4) is 11.5 Å². The fraction of sp³-hybridized carbons (Fsp3) is 0.659. The molecule has 12 nitrogen and oxygen atoms in total. The number of amides is 1. The molecule has 296 valence electrons. The van der Waals surface area contributed by atoms with Crippen molar-refractivity contribution in [2.45, 2.75) is 96.0 Å². The van der Waals surface area contributed by atoms with E-state index in [0.29, 0.717) is 36.7 Å². The summed E-state index contributed by atoms with van der Waals surface area (Å²) in [5, 5.41) is 33.9. The number of nitrogens with zero attached hydrogens (tertiary/aromatic N) is 2. The molecule has 0 bridgehead atoms. The molecule has 1 heterocycles. The fourth-order valence-corrected chi connectivity index (χ4v) is 8.00. The Hall–Kier alpha value is -3.42. The third-order valence-electron chi connectivity index (χ3n) is 10.0. The number of aliphatic hydroxyl groups excluding tert-OH is 3. The van der Waals surface area contributed by atoms with Crippen LogP contribution in [0.25, 0.3) is 0 Å². The first-order valence-electron chi connectivity index (χ1n) is 19.2. The number of carbonyl (C=O) groups is 1. The topological polar surface area (TPSA) is 149 Å². The van der Waals surface area contributed by atoms with E-state index in [1.165, 1.54) is 0 Å². The average Bonchev–Trinajstić information content (AvgIpc) is 3.13. The first-order chi connectivity index (χ1) is 25.6. The van der Waals surface area contributed by atoms with Crippen LogP contribution in [0.5, 0.6) is 11.5 Å². The number of allylic oxidation sites excluding steroid dienone is 1. The molecule has 3 aliphatic rings. The summed E-state index contributed by atoms with van der Waals surface area (Å²) in [4.78, 5) is 21.8. The van der Waals surface area contributed by atoms with Crippen LogP contribution >= 0.6 is 0 Å². The second-order valence-corrected chi connectivity index (χ2v) is 14.8. The summed E-state index contributed by atoms with van der Waals surface area (Å²) in [5.41, 5.74) is 2.00. The molecule has 4 rings (SSSR count). The van der Waals surface area contributed by atoms with Gasteiger partial charge in [-0.15, -0.1) is 6.58 Å². The fourth-order valence-electron chi connectivity index (χ4n) is 8.00. The number of ether oxygens (including phenoxy) is 5. The van der Waals surface area contributed by atoms with Crippen molar-refractivity contribution in [1.82, 2.24) is 4.90 Å². The maximum Gasteiger partial charge on any atom is 0.410 e. The Bertz CT molecular complexity index is 1410. The van der Waals surface area contributed by atoms with E-state index in [0.717, 1.165) is 36.8 Å². The zero-order valence-corrected chi connectivity index (χ0v) is 32.2. The molecule has 0 spiro atoms. The predicted octanol–water partition coefficient (Wildman–Crippen LogP) is 6.15. The minimum Gasteiger partial charge on any atom is -0.490 e. The van der Waals surface area contributed by atoms with Gasteiger partial charge >= 0.3 is 6.09 Å². The molecule has 0 radical (unpaired) electrons. The number of rotatable bonds is 22. The van der Waals surface area contributed by atoms with E-state index in [1.807, 2.05) is 39.0 Å². The lowest BCUT2D eigenvalue weighted by Crippen LogP contribution is -2.70. The van der Waals surface area contributed by atoms with E-state index in [-0.39, 0.29) is 77.0 Å². The summed E-state index contributed by atoms with van der Waals surface area (Å²) in [7, 11) is 0. The van der Waals surface area contributed by atoms with Crippen LogP contribution in [-0.2, 0) is 19.0 Å². The van der Waals surface area contributed by atoms with Gasteiger partial charge in [0.15, 0.2) is 0 Å². The van der Waals surface area contributed by atoms with Gasteiger partial charge in [0.2, 0.25) is 5.79 Å². The molecule has 3 N–H and O–H groups in total. The highest BCUT2D eigenvalue weighted by molar-refractivity contribution is 6.03. The summed E-state index contributed by atoms with van der Waals surface area (Å²) in [6.45, 7) is 16.5. The van der Waals surface area contributed by atoms with Gasteiger partial charge < -0.3 is 43.8 Å². The van der Waals surface area contributed by atoms with Crippen molar-refractivity contribution in [3.63, 3.8) is 0 Å². The maximum atomic E-state index is 14.0. The van der Waals surface area contributed by atoms with E-state index < -0.39 is 29.4 Å². The van der Waals surface area contributed by atoms with Gasteiger partial charge in [-0.1, -0.05) is 42.8 Å². The molecule has 2 aliphatic carbocycles. The Morgan fingerprint density at radius 2 is 1.77 bits per heavy atom. The number of carbonyl (C=O) groups excluding carboxylic acids is 1. The Labute approximate surface area is 315 Å². The number of hydrogen-bond acceptors (Lipinski definition) is 11. The lowest BCUT2D eigenvalue weighted by molar-refractivity contribution is -0.256. The summed E-state index contributed by atoms with van der Waals surface area (Å²) >= 11 is 0. The van der Waals surface area contributed by atoms with Gasteiger partial charge in [0.05, 0.1) is 44.7 Å². The van der Waals surface area contributed by atoms with Crippen LogP contribution in [0.3, 0.4) is 0 Å². The molecule has 1 saturated carbocycles. The Morgan fingerprint density at radius 1 is 1.04 bits per heavy atom. The van der Waals surface area contributed by atoms with E-state index in [2.05, 4.69) is 19.2 Å². The molecule has 6 unspecified atom stereocenters. The zero-order valence-electron chi connectivity index (χ0n) is 32.2. The zero-order chi connectivity index (χ0) is 38.4. The number of aliphatic hydroxyl groups is 3. The molecule has 1 fully saturated rings. The molecule has 1 aliphatic heterocycles. The van der Waals surface area contributed by atoms with Crippen LogP contribution in [0.2, 0.25) is 0 Å². The van der Waals surface area contributed by atoms with Gasteiger partial charge in [-0.25, -0.2) is 4.79 Å². The standard InChI is InChI=1S/C41H62N2O10/c1-7-22-50-30-16-17-35-33(27-30)37-31(15-11-13-20-45)29(14-10-12-19-44)26-32-34(42-53-40(4,5)6)28-36(41(52-35,38(32)37)51-23-8-2)43(39(47)49-9-3)18-24-48-25-21-46/h7-8,16-17,26-27,29,31,36-38,44-46H,1-2,9-15,18-25,28H2,3-6H3. The van der Waals surface area contributed by atoms with Crippen molar-refractivity contribution in [1.29, 1.82) is 0 Å². The molecular formula is C41H62N2O10. The highest BCUT2D eigenvalue weighted by atomic mass is 16.7. The van der Waals surface area contributed by atoms with E-state index in [9.17, 15) is 20.1 Å². The van der Waals surface area contributed by atoms with Crippen LogP contribution in [0.15, 0.2) is 60.3 Å². The smallest absolute Gasteiger partial charge is 0.410 e. The van der Waals surface area contributed by atoms with Crippen LogP contribution in [0.4, 0.5) is 4.79 Å². The number of unbranched alkanes of at least 4 members (excludes halogenated alkanes) is 2. The molecule has 1 aromatic carbocycles. The van der Waals surface area contributed by atoms with Crippen LogP contribution in [0, 0.1) is 17.8 Å². The number of hydrogen-bond donors (Lipinski definition) is 3. The van der Waals surface area contributed by atoms with Crippen molar-refractivity contribution < 1.29 is 48.6 Å². The minimum absolute atomic E-state index is 0.0745. The summed E-state index contributed by atoms with van der Waals surface area (Å²) in [6.07, 6.45) is 10.0. The van der Waals surface area contributed by atoms with Gasteiger partial charge in [0, 0.05) is 37.7 Å². The molecule has 6 atom stereocenters. The molecule has 0 aromatic heterocycles. The summed E-state index contributed by atoms with van der Waals surface area (Å²) in [6, 6.07) is 5.08. The molecule has 53 heavy (non-hydrogen) atoms. The summed E-state index contributed by atoms with van der Waals surface area (Å²) in [5.74, 6) is -0.593. The quantitative estimate of drug-likeness (QED) is 0.0718. The van der Waals surface area contributed by atoms with Gasteiger partial charge in [0.25, 0.3) is 0 Å². The van der Waals surface area contributed by atoms with Crippen LogP contribution in [-0.4, -0.2) is 109 Å². The highest BCUT2D eigenvalue weighted by Crippen LogP contribution is 2.62. The van der Waals surface area contributed by atoms with Crippen LogP contribution < -0.4 is 9.47 Å². The van der Waals surface area contributed by atoms with E-state index in [4.69, 9.17) is 33.7 Å². The van der Waals surface area contributed by atoms with Gasteiger partial charge in [-0.2, -0.15) is 0 Å². The van der Waals surface area contributed by atoms with Crippen molar-refractivity contribution in [2.24, 2.45) is 22.9 Å². The number of fused-ring (bicyclic) bond motifs is 2. The van der Waals surface area contributed by atoms with Crippen molar-refractivity contribution >= 4 is 11.8 Å². The summed E-state index contributed by atoms with van der Waals surface area (Å²) < 4.78 is 31.5. The highest BCUT2D eigenvalue weighted by Gasteiger charge is 2.65. The molecular weight excluding hydrogens is 680 g/mol. The molecule has 0 saturated heterocycles. The second kappa shape index (κ2) is 20.3. The third-order valence-corrected chi connectivity index (χ3v) is 10.0. The Balaban J connectivity index is 2.05. The van der Waals surface area contributed by atoms with Crippen molar-refractivity contribution in [2.75, 3.05) is 59.4 Å². The molecule has 1 amide bonds. The van der Waals surface area contributed by atoms with E-state index in [1.54, 1.807) is 24.0 Å². The third kappa shape index (κ3) is 10.4. The Morgan fingerprint density at radius 3 is 2.43 bits per heavy atom. The average molecular weight is 743 g/mol. The second-order valence-electron chi connectivity index (χ2n) is 14.8. The first kappa shape index (κ1) is 42.3. The monoisotopic (exact) mass is 742 g/mol. The maximum absolute atomic E-state index is 14.0. The van der Waals surface area contributed by atoms with Crippen molar-refractivity contribution in [3.05, 3.63) is 60.7 Å². The van der Waals surface area contributed by atoms with Gasteiger partial charge in [0.1, 0.15) is 29.7 Å². The Kier molecular flexibility index (Phi) is 16.2. The minimum atomic E-state index is -1.42. The normalized spacial score (nSPS) is 25.4. The van der Waals surface area contributed by atoms with Gasteiger partial charge in [-0.05, 0) is 89.0 Å². The molecule has 1 aromatic rings. The SMILES string of the molecule is C=CCOc1ccc2c(c1)C1C(CCCCO)C(CCCCO)C=C3C(=NOC(C)(C)C)CC(N(CCOCCO)C(=O)OCC)C(OCC=C)(O2)C31. The number of benzene rings is 1. The predicted molar refractivity (Wildman–Crippen MR) is 203 cm³/mol. The largest absolute Gasteiger partial charge is 0.490 e. The lowest BCUT2D eigenvalue weighted by Gasteiger charge is -2.59. The van der Waals surface area contributed by atoms with Crippen LogP contribution in [0.1, 0.15) is 84.1 Å².